The number of likely N-dealkylation sites (tertiary alicyclic amines) is 1. The predicted octanol–water partition coefficient (Wildman–Crippen LogP) is 2.32. The quantitative estimate of drug-likeness (QED) is 0.875. The van der Waals surface area contributed by atoms with E-state index in [0.717, 1.165) is 25.9 Å². The number of fused-ring (bicyclic) bond motifs is 1. The van der Waals surface area contributed by atoms with Gasteiger partial charge in [0.2, 0.25) is 0 Å². The van der Waals surface area contributed by atoms with Crippen LogP contribution in [-0.4, -0.2) is 64.4 Å². The lowest BCUT2D eigenvalue weighted by Gasteiger charge is -2.40. The summed E-state index contributed by atoms with van der Waals surface area (Å²) in [6.45, 7) is 3.59. The number of para-hydroxylation sites is 1. The molecule has 4 rings (SSSR count). The largest absolute Gasteiger partial charge is 0.348 e. The number of nitrogens with zero attached hydrogens (tertiary/aromatic N) is 2. The second kappa shape index (κ2) is 7.40. The van der Waals surface area contributed by atoms with Crippen LogP contribution in [0.5, 0.6) is 0 Å². The monoisotopic (exact) mass is 375 g/mol. The number of halogens is 1. The number of benzene rings is 1. The standard InChI is InChI=1S/C19H22FN3O2S/c20-15-3-1-2-14-17(24)12-16(21-18(14)15)19(25)23-6-4-13(5-7-23)22-8-10-26-11-9-22/h1-3,12-13H,4-11H2,(H,21,24). The van der Waals surface area contributed by atoms with Gasteiger partial charge in [0.25, 0.3) is 5.91 Å². The molecule has 0 aliphatic carbocycles. The highest BCUT2D eigenvalue weighted by Gasteiger charge is 2.28. The van der Waals surface area contributed by atoms with Crippen molar-refractivity contribution >= 4 is 28.6 Å². The molecule has 2 aliphatic heterocycles. The van der Waals surface area contributed by atoms with Gasteiger partial charge in [0.15, 0.2) is 5.43 Å². The van der Waals surface area contributed by atoms with Crippen molar-refractivity contribution in [1.29, 1.82) is 0 Å². The first-order valence-corrected chi connectivity index (χ1v) is 10.2. The number of pyridine rings is 1. The van der Waals surface area contributed by atoms with Gasteiger partial charge in [-0.1, -0.05) is 6.07 Å². The van der Waals surface area contributed by atoms with Gasteiger partial charge in [0, 0.05) is 55.2 Å². The van der Waals surface area contributed by atoms with Crippen LogP contribution in [0.2, 0.25) is 0 Å². The van der Waals surface area contributed by atoms with Crippen molar-refractivity contribution in [3.05, 3.63) is 46.0 Å². The normalized spacial score (nSPS) is 19.8. The van der Waals surface area contributed by atoms with E-state index in [4.69, 9.17) is 0 Å². The van der Waals surface area contributed by atoms with Gasteiger partial charge in [-0.05, 0) is 25.0 Å². The molecule has 2 fully saturated rings. The third-order valence-corrected chi connectivity index (χ3v) is 6.30. The molecule has 3 heterocycles. The van der Waals surface area contributed by atoms with Crippen LogP contribution in [0.25, 0.3) is 10.9 Å². The first kappa shape index (κ1) is 17.5. The van der Waals surface area contributed by atoms with Gasteiger partial charge in [-0.15, -0.1) is 0 Å². The van der Waals surface area contributed by atoms with Crippen molar-refractivity contribution in [2.75, 3.05) is 37.7 Å². The Morgan fingerprint density at radius 2 is 1.88 bits per heavy atom. The van der Waals surface area contributed by atoms with Crippen LogP contribution in [0.4, 0.5) is 4.39 Å². The van der Waals surface area contributed by atoms with Crippen molar-refractivity contribution in [3.8, 4) is 0 Å². The van der Waals surface area contributed by atoms with E-state index in [0.29, 0.717) is 19.1 Å². The fraction of sp³-hybridized carbons (Fsp3) is 0.474. The second-order valence-electron chi connectivity index (χ2n) is 6.88. The molecule has 2 aromatic rings. The third kappa shape index (κ3) is 3.38. The molecular formula is C19H22FN3O2S. The molecule has 7 heteroatoms. The van der Waals surface area contributed by atoms with Crippen molar-refractivity contribution in [1.82, 2.24) is 14.8 Å². The number of hydrogen-bond donors (Lipinski definition) is 1. The Hall–Kier alpha value is -1.86. The molecule has 0 bridgehead atoms. The van der Waals surface area contributed by atoms with Crippen LogP contribution in [0.15, 0.2) is 29.1 Å². The molecule has 0 saturated carbocycles. The van der Waals surface area contributed by atoms with Crippen molar-refractivity contribution < 1.29 is 9.18 Å². The van der Waals surface area contributed by atoms with Crippen LogP contribution >= 0.6 is 11.8 Å². The number of carbonyl (C=O) groups is 1. The molecule has 0 atom stereocenters. The molecule has 2 aliphatic rings. The number of amides is 1. The van der Waals surface area contributed by atoms with Crippen LogP contribution in [-0.2, 0) is 0 Å². The maximum Gasteiger partial charge on any atom is 0.270 e. The topological polar surface area (TPSA) is 56.4 Å². The Bertz CT molecular complexity index is 871. The maximum absolute atomic E-state index is 14.0. The van der Waals surface area contributed by atoms with Gasteiger partial charge in [-0.3, -0.25) is 14.5 Å². The summed E-state index contributed by atoms with van der Waals surface area (Å²) in [6.07, 6.45) is 1.89. The molecule has 1 amide bonds. The molecule has 1 aromatic carbocycles. The van der Waals surface area contributed by atoms with Crippen LogP contribution in [0, 0.1) is 5.82 Å². The van der Waals surface area contributed by atoms with Crippen molar-refractivity contribution in [3.63, 3.8) is 0 Å². The number of carbonyl (C=O) groups excluding carboxylic acids is 1. The van der Waals surface area contributed by atoms with E-state index in [9.17, 15) is 14.0 Å². The lowest BCUT2D eigenvalue weighted by molar-refractivity contribution is 0.0625. The van der Waals surface area contributed by atoms with Crippen LogP contribution < -0.4 is 5.43 Å². The summed E-state index contributed by atoms with van der Waals surface area (Å²) in [5, 5.41) is 0.267. The zero-order valence-corrected chi connectivity index (χ0v) is 15.4. The SMILES string of the molecule is O=C(c1cc(=O)c2cccc(F)c2[nH]1)N1CCC(N2CCSCC2)CC1. The summed E-state index contributed by atoms with van der Waals surface area (Å²) >= 11 is 2.00. The van der Waals surface area contributed by atoms with Gasteiger partial charge < -0.3 is 9.88 Å². The molecule has 1 N–H and O–H groups in total. The number of aromatic amines is 1. The Morgan fingerprint density at radius 3 is 2.62 bits per heavy atom. The summed E-state index contributed by atoms with van der Waals surface area (Å²) in [4.78, 5) is 32.2. The predicted molar refractivity (Wildman–Crippen MR) is 102 cm³/mol. The zero-order chi connectivity index (χ0) is 18.1. The van der Waals surface area contributed by atoms with Crippen molar-refractivity contribution in [2.45, 2.75) is 18.9 Å². The van der Waals surface area contributed by atoms with E-state index in [-0.39, 0.29) is 27.9 Å². The minimum absolute atomic E-state index is 0.101. The fourth-order valence-electron chi connectivity index (χ4n) is 3.90. The average Bonchev–Trinajstić information content (AvgIpc) is 2.69. The lowest BCUT2D eigenvalue weighted by Crippen LogP contribution is -2.49. The number of aromatic nitrogens is 1. The highest BCUT2D eigenvalue weighted by Crippen LogP contribution is 2.22. The summed E-state index contributed by atoms with van der Waals surface area (Å²) in [7, 11) is 0. The molecule has 2 saturated heterocycles. The summed E-state index contributed by atoms with van der Waals surface area (Å²) in [5.74, 6) is 1.63. The molecule has 1 aromatic heterocycles. The van der Waals surface area contributed by atoms with Gasteiger partial charge >= 0.3 is 0 Å². The molecule has 0 spiro atoms. The average molecular weight is 375 g/mol. The minimum Gasteiger partial charge on any atom is -0.348 e. The Labute approximate surface area is 155 Å². The number of thioether (sulfide) groups is 1. The molecule has 26 heavy (non-hydrogen) atoms. The Kier molecular flexibility index (Phi) is 5.00. The number of piperidine rings is 1. The van der Waals surface area contributed by atoms with E-state index < -0.39 is 5.82 Å². The van der Waals surface area contributed by atoms with Crippen LogP contribution in [0.1, 0.15) is 23.3 Å². The van der Waals surface area contributed by atoms with Gasteiger partial charge in [-0.2, -0.15) is 11.8 Å². The molecule has 0 radical (unpaired) electrons. The Morgan fingerprint density at radius 1 is 1.15 bits per heavy atom. The third-order valence-electron chi connectivity index (χ3n) is 5.36. The molecule has 0 unspecified atom stereocenters. The summed E-state index contributed by atoms with van der Waals surface area (Å²) in [5.41, 5.74) is -0.0632. The van der Waals surface area contributed by atoms with Gasteiger partial charge in [0.1, 0.15) is 11.5 Å². The molecular weight excluding hydrogens is 353 g/mol. The van der Waals surface area contributed by atoms with Crippen LogP contribution in [0.3, 0.4) is 0 Å². The molecule has 138 valence electrons. The summed E-state index contributed by atoms with van der Waals surface area (Å²) in [6, 6.07) is 6.17. The number of nitrogens with one attached hydrogen (secondary N) is 1. The van der Waals surface area contributed by atoms with E-state index in [1.165, 1.54) is 29.7 Å². The molecule has 5 nitrogen and oxygen atoms in total. The number of hydrogen-bond acceptors (Lipinski definition) is 4. The number of rotatable bonds is 2. The van der Waals surface area contributed by atoms with E-state index in [1.54, 1.807) is 11.0 Å². The van der Waals surface area contributed by atoms with Crippen molar-refractivity contribution in [2.24, 2.45) is 0 Å². The summed E-state index contributed by atoms with van der Waals surface area (Å²) < 4.78 is 14.0. The van der Waals surface area contributed by atoms with E-state index >= 15 is 0 Å². The minimum atomic E-state index is -0.518. The first-order chi connectivity index (χ1) is 12.6. The smallest absolute Gasteiger partial charge is 0.270 e. The zero-order valence-electron chi connectivity index (χ0n) is 14.5. The Balaban J connectivity index is 1.49. The second-order valence-corrected chi connectivity index (χ2v) is 8.11. The lowest BCUT2D eigenvalue weighted by atomic mass is 10.0. The van der Waals surface area contributed by atoms with Gasteiger partial charge in [-0.25, -0.2) is 4.39 Å². The van der Waals surface area contributed by atoms with E-state index in [1.807, 2.05) is 11.8 Å². The van der Waals surface area contributed by atoms with Gasteiger partial charge in [0.05, 0.1) is 5.52 Å². The first-order valence-electron chi connectivity index (χ1n) is 9.06. The van der Waals surface area contributed by atoms with E-state index in [2.05, 4.69) is 9.88 Å². The highest BCUT2D eigenvalue weighted by atomic mass is 32.2. The number of H-pyrrole nitrogens is 1. The fourth-order valence-corrected chi connectivity index (χ4v) is 4.83. The highest BCUT2D eigenvalue weighted by molar-refractivity contribution is 7.99. The maximum atomic E-state index is 14.0.